The molecule has 1 aromatic heterocycles. The minimum absolute atomic E-state index is 0.0222. The average Bonchev–Trinajstić information content (AvgIpc) is 2.71. The summed E-state index contributed by atoms with van der Waals surface area (Å²) in [6.45, 7) is 4.35. The highest BCUT2D eigenvalue weighted by Crippen LogP contribution is 2.24. The van der Waals surface area contributed by atoms with Crippen molar-refractivity contribution in [1.82, 2.24) is 14.5 Å². The van der Waals surface area contributed by atoms with Crippen LogP contribution in [0.2, 0.25) is 0 Å². The van der Waals surface area contributed by atoms with Gasteiger partial charge in [0.15, 0.2) is 5.16 Å². The number of hydrogen-bond acceptors (Lipinski definition) is 4. The third-order valence-corrected chi connectivity index (χ3v) is 5.82. The predicted octanol–water partition coefficient (Wildman–Crippen LogP) is 4.08. The molecule has 5 nitrogen and oxygen atoms in total. The second kappa shape index (κ2) is 8.61. The Hall–Kier alpha value is -2.60. The van der Waals surface area contributed by atoms with Crippen molar-refractivity contribution in [2.75, 3.05) is 19.8 Å². The molecule has 0 saturated carbocycles. The van der Waals surface area contributed by atoms with Gasteiger partial charge >= 0.3 is 0 Å². The van der Waals surface area contributed by atoms with Crippen molar-refractivity contribution in [3.05, 3.63) is 64.4 Å². The zero-order valence-electron chi connectivity index (χ0n) is 16.7. The van der Waals surface area contributed by atoms with Gasteiger partial charge in [0.25, 0.3) is 5.56 Å². The normalized spacial score (nSPS) is 12.1. The zero-order chi connectivity index (χ0) is 20.3. The summed E-state index contributed by atoms with van der Waals surface area (Å²) in [7, 11) is 3.44. The highest BCUT2D eigenvalue weighted by atomic mass is 32.2. The number of carbonyl (C=O) groups is 1. The predicted molar refractivity (Wildman–Crippen MR) is 115 cm³/mol. The molecule has 0 N–H and O–H groups in total. The Kier molecular flexibility index (Phi) is 6.19. The SMILES string of the molecule is CCC(C)c1ccc(-n2c(SCC(=O)N(C)C)nc3ccccc3c2=O)cc1. The molecule has 1 unspecified atom stereocenters. The molecule has 0 spiro atoms. The second-order valence-corrected chi connectivity index (χ2v) is 7.97. The Morgan fingerprint density at radius 3 is 2.46 bits per heavy atom. The first-order valence-corrected chi connectivity index (χ1v) is 10.4. The van der Waals surface area contributed by atoms with E-state index in [1.807, 2.05) is 30.3 Å². The number of carbonyl (C=O) groups excluding carboxylic acids is 1. The minimum atomic E-state index is -0.123. The summed E-state index contributed by atoms with van der Waals surface area (Å²) in [4.78, 5) is 31.5. The van der Waals surface area contributed by atoms with Crippen LogP contribution in [0.1, 0.15) is 31.7 Å². The van der Waals surface area contributed by atoms with E-state index < -0.39 is 0 Å². The molecule has 28 heavy (non-hydrogen) atoms. The first-order chi connectivity index (χ1) is 13.4. The molecule has 3 aromatic rings. The highest BCUT2D eigenvalue weighted by Gasteiger charge is 2.15. The fourth-order valence-corrected chi connectivity index (χ4v) is 3.87. The molecule has 0 aliphatic heterocycles. The van der Waals surface area contributed by atoms with Crippen LogP contribution < -0.4 is 5.56 Å². The van der Waals surface area contributed by atoms with Crippen molar-refractivity contribution in [3.8, 4) is 5.69 Å². The summed E-state index contributed by atoms with van der Waals surface area (Å²) < 4.78 is 1.61. The van der Waals surface area contributed by atoms with Gasteiger partial charge < -0.3 is 4.90 Å². The van der Waals surface area contributed by atoms with Crippen molar-refractivity contribution in [2.45, 2.75) is 31.3 Å². The van der Waals surface area contributed by atoms with Crippen molar-refractivity contribution in [1.29, 1.82) is 0 Å². The van der Waals surface area contributed by atoms with E-state index in [2.05, 4.69) is 31.0 Å². The maximum Gasteiger partial charge on any atom is 0.266 e. The number of para-hydroxylation sites is 1. The van der Waals surface area contributed by atoms with Crippen molar-refractivity contribution in [3.63, 3.8) is 0 Å². The van der Waals surface area contributed by atoms with E-state index in [0.717, 1.165) is 12.1 Å². The lowest BCUT2D eigenvalue weighted by atomic mass is 9.98. The Labute approximate surface area is 169 Å². The average molecular weight is 396 g/mol. The number of amides is 1. The summed E-state index contributed by atoms with van der Waals surface area (Å²) in [5, 5.41) is 1.09. The molecule has 0 aliphatic carbocycles. The standard InChI is InChI=1S/C22H25N3O2S/c1-5-15(2)16-10-12-17(13-11-16)25-21(27)18-8-6-7-9-19(18)23-22(25)28-14-20(26)24(3)4/h6-13,15H,5,14H2,1-4H3. The molecule has 0 fully saturated rings. The third kappa shape index (κ3) is 4.12. The maximum atomic E-state index is 13.2. The van der Waals surface area contributed by atoms with Gasteiger partial charge in [0.05, 0.1) is 22.3 Å². The van der Waals surface area contributed by atoms with Crippen LogP contribution in [0.4, 0.5) is 0 Å². The minimum Gasteiger partial charge on any atom is -0.348 e. The second-order valence-electron chi connectivity index (χ2n) is 7.03. The largest absolute Gasteiger partial charge is 0.348 e. The number of fused-ring (bicyclic) bond motifs is 1. The molecule has 0 bridgehead atoms. The van der Waals surface area contributed by atoms with Gasteiger partial charge in [-0.25, -0.2) is 4.98 Å². The molecule has 1 amide bonds. The number of hydrogen-bond donors (Lipinski definition) is 0. The Morgan fingerprint density at radius 1 is 1.14 bits per heavy atom. The van der Waals surface area contributed by atoms with Crippen LogP contribution in [0, 0.1) is 0 Å². The summed E-state index contributed by atoms with van der Waals surface area (Å²) in [6.07, 6.45) is 1.06. The number of nitrogens with zero attached hydrogens (tertiary/aromatic N) is 3. The molecule has 0 radical (unpaired) electrons. The van der Waals surface area contributed by atoms with Gasteiger partial charge in [0, 0.05) is 14.1 Å². The fourth-order valence-electron chi connectivity index (χ4n) is 2.88. The molecular weight excluding hydrogens is 370 g/mol. The molecule has 0 saturated heterocycles. The molecule has 146 valence electrons. The molecule has 3 rings (SSSR count). The smallest absolute Gasteiger partial charge is 0.266 e. The van der Waals surface area contributed by atoms with Gasteiger partial charge in [-0.1, -0.05) is 49.9 Å². The van der Waals surface area contributed by atoms with E-state index in [1.165, 1.54) is 22.2 Å². The van der Waals surface area contributed by atoms with E-state index in [4.69, 9.17) is 0 Å². The molecule has 6 heteroatoms. The van der Waals surface area contributed by atoms with Gasteiger partial charge in [-0.2, -0.15) is 0 Å². The van der Waals surface area contributed by atoms with Gasteiger partial charge in [-0.3, -0.25) is 14.2 Å². The number of rotatable bonds is 6. The first-order valence-electron chi connectivity index (χ1n) is 9.37. The summed E-state index contributed by atoms with van der Waals surface area (Å²) in [5.41, 5.74) is 2.52. The number of aromatic nitrogens is 2. The Morgan fingerprint density at radius 2 is 1.82 bits per heavy atom. The van der Waals surface area contributed by atoms with Gasteiger partial charge in [-0.15, -0.1) is 0 Å². The van der Waals surface area contributed by atoms with E-state index in [0.29, 0.717) is 22.0 Å². The lowest BCUT2D eigenvalue weighted by Gasteiger charge is -2.15. The van der Waals surface area contributed by atoms with Crippen LogP contribution in [-0.4, -0.2) is 40.2 Å². The Balaban J connectivity index is 2.10. The van der Waals surface area contributed by atoms with Crippen LogP contribution in [0.3, 0.4) is 0 Å². The van der Waals surface area contributed by atoms with Crippen molar-refractivity contribution in [2.24, 2.45) is 0 Å². The van der Waals surface area contributed by atoms with Gasteiger partial charge in [0.1, 0.15) is 0 Å². The van der Waals surface area contributed by atoms with Crippen molar-refractivity contribution < 1.29 is 4.79 Å². The van der Waals surface area contributed by atoms with Crippen LogP contribution >= 0.6 is 11.8 Å². The van der Waals surface area contributed by atoms with E-state index >= 15 is 0 Å². The zero-order valence-corrected chi connectivity index (χ0v) is 17.5. The third-order valence-electron chi connectivity index (χ3n) is 4.90. The fraction of sp³-hybridized carbons (Fsp3) is 0.318. The lowest BCUT2D eigenvalue weighted by Crippen LogP contribution is -2.25. The van der Waals surface area contributed by atoms with Crippen LogP contribution in [0.5, 0.6) is 0 Å². The van der Waals surface area contributed by atoms with Gasteiger partial charge in [0.2, 0.25) is 5.91 Å². The number of thioether (sulfide) groups is 1. The summed E-state index contributed by atoms with van der Waals surface area (Å²) in [5.74, 6) is 0.668. The van der Waals surface area contributed by atoms with E-state index in [9.17, 15) is 9.59 Å². The number of benzene rings is 2. The molecule has 0 aliphatic rings. The van der Waals surface area contributed by atoms with Crippen LogP contribution in [0.15, 0.2) is 58.5 Å². The molecule has 2 aromatic carbocycles. The van der Waals surface area contributed by atoms with E-state index in [-0.39, 0.29) is 17.2 Å². The van der Waals surface area contributed by atoms with E-state index in [1.54, 1.807) is 24.7 Å². The van der Waals surface area contributed by atoms with Crippen molar-refractivity contribution >= 4 is 28.6 Å². The molecule has 1 atom stereocenters. The first kappa shape index (κ1) is 20.1. The molecular formula is C22H25N3O2S. The monoisotopic (exact) mass is 395 g/mol. The van der Waals surface area contributed by atoms with Crippen LogP contribution in [-0.2, 0) is 4.79 Å². The van der Waals surface area contributed by atoms with Gasteiger partial charge in [-0.05, 0) is 42.2 Å². The maximum absolute atomic E-state index is 13.2. The van der Waals surface area contributed by atoms with Crippen LogP contribution in [0.25, 0.3) is 16.6 Å². The Bertz CT molecular complexity index is 1040. The summed E-state index contributed by atoms with van der Waals surface area (Å²) >= 11 is 1.28. The quantitative estimate of drug-likeness (QED) is 0.466. The summed E-state index contributed by atoms with van der Waals surface area (Å²) in [6, 6.07) is 15.3. The topological polar surface area (TPSA) is 55.2 Å². The highest BCUT2D eigenvalue weighted by molar-refractivity contribution is 7.99. The molecule has 1 heterocycles. The lowest BCUT2D eigenvalue weighted by molar-refractivity contribution is -0.125.